The summed E-state index contributed by atoms with van der Waals surface area (Å²) >= 11 is 0. The molecule has 0 amide bonds. The first-order valence-corrected chi connectivity index (χ1v) is 5.70. The molecule has 0 aromatic heterocycles. The average molecular weight is 214 g/mol. The van der Waals surface area contributed by atoms with E-state index in [1.165, 1.54) is 5.57 Å². The lowest BCUT2D eigenvalue weighted by molar-refractivity contribution is 0.762. The maximum Gasteiger partial charge on any atom is 0.0991 e. The Balaban J connectivity index is 2.75. The molecule has 0 aliphatic rings. The zero-order valence-electron chi connectivity index (χ0n) is 9.96. The van der Waals surface area contributed by atoms with Crippen LogP contribution in [0.2, 0.25) is 0 Å². The van der Waals surface area contributed by atoms with Gasteiger partial charge < -0.3 is 5.32 Å². The summed E-state index contributed by atoms with van der Waals surface area (Å²) in [6.07, 6.45) is 3.23. The highest BCUT2D eigenvalue weighted by molar-refractivity contribution is 5.54. The summed E-state index contributed by atoms with van der Waals surface area (Å²) in [7, 11) is 0. The van der Waals surface area contributed by atoms with E-state index < -0.39 is 0 Å². The fraction of sp³-hybridized carbons (Fsp3) is 0.357. The molecule has 16 heavy (non-hydrogen) atoms. The van der Waals surface area contributed by atoms with Gasteiger partial charge in [0, 0.05) is 6.54 Å². The predicted molar refractivity (Wildman–Crippen MR) is 68.0 cm³/mol. The van der Waals surface area contributed by atoms with Crippen molar-refractivity contribution in [3.05, 3.63) is 41.0 Å². The highest BCUT2D eigenvalue weighted by Crippen LogP contribution is 2.10. The molecule has 0 aliphatic carbocycles. The van der Waals surface area contributed by atoms with Crippen LogP contribution in [0.1, 0.15) is 31.4 Å². The molecule has 0 unspecified atom stereocenters. The number of nitriles is 1. The lowest BCUT2D eigenvalue weighted by Gasteiger charge is -2.05. The summed E-state index contributed by atoms with van der Waals surface area (Å²) in [5, 5.41) is 12.0. The monoisotopic (exact) mass is 214 g/mol. The van der Waals surface area contributed by atoms with Crippen LogP contribution >= 0.6 is 0 Å². The van der Waals surface area contributed by atoms with Gasteiger partial charge in [-0.3, -0.25) is 0 Å². The molecule has 0 radical (unpaired) electrons. The fourth-order valence-electron chi connectivity index (χ4n) is 1.45. The van der Waals surface area contributed by atoms with Crippen LogP contribution in [0.15, 0.2) is 29.8 Å². The Labute approximate surface area is 97.6 Å². The molecule has 0 saturated carbocycles. The van der Waals surface area contributed by atoms with Gasteiger partial charge in [0.2, 0.25) is 0 Å². The topological polar surface area (TPSA) is 35.8 Å². The molecule has 0 heterocycles. The van der Waals surface area contributed by atoms with Crippen molar-refractivity contribution in [1.29, 1.82) is 5.26 Å². The molecular weight excluding hydrogens is 196 g/mol. The molecule has 1 N–H and O–H groups in total. The second-order valence-corrected chi connectivity index (χ2v) is 3.67. The first kappa shape index (κ1) is 12.5. The van der Waals surface area contributed by atoms with Crippen molar-refractivity contribution in [2.45, 2.75) is 20.3 Å². The third kappa shape index (κ3) is 3.88. The van der Waals surface area contributed by atoms with E-state index in [2.05, 4.69) is 31.3 Å². The summed E-state index contributed by atoms with van der Waals surface area (Å²) in [6, 6.07) is 9.80. The Hall–Kier alpha value is -1.59. The van der Waals surface area contributed by atoms with Gasteiger partial charge in [0.1, 0.15) is 0 Å². The van der Waals surface area contributed by atoms with E-state index in [1.807, 2.05) is 24.3 Å². The van der Waals surface area contributed by atoms with E-state index in [1.54, 1.807) is 0 Å². The quantitative estimate of drug-likeness (QED) is 0.818. The molecule has 2 heteroatoms. The van der Waals surface area contributed by atoms with Gasteiger partial charge in [-0.1, -0.05) is 37.6 Å². The minimum atomic E-state index is 0.710. The van der Waals surface area contributed by atoms with E-state index in [0.29, 0.717) is 5.56 Å². The predicted octanol–water partition coefficient (Wildman–Crippen LogP) is 2.96. The van der Waals surface area contributed by atoms with Crippen LogP contribution in [0.3, 0.4) is 0 Å². The SMILES string of the molecule is CCNCC(=Cc1ccc(C#N)cc1)CC. The molecule has 84 valence electrons. The van der Waals surface area contributed by atoms with Crippen LogP contribution in [0, 0.1) is 11.3 Å². The lowest BCUT2D eigenvalue weighted by atomic mass is 10.1. The van der Waals surface area contributed by atoms with Crippen LogP contribution < -0.4 is 5.32 Å². The van der Waals surface area contributed by atoms with Crippen molar-refractivity contribution in [3.63, 3.8) is 0 Å². The number of hydrogen-bond acceptors (Lipinski definition) is 2. The van der Waals surface area contributed by atoms with Gasteiger partial charge in [-0.25, -0.2) is 0 Å². The Morgan fingerprint density at radius 3 is 2.50 bits per heavy atom. The summed E-state index contributed by atoms with van der Waals surface area (Å²) in [5.74, 6) is 0. The van der Waals surface area contributed by atoms with Crippen LogP contribution in [-0.2, 0) is 0 Å². The van der Waals surface area contributed by atoms with Crippen molar-refractivity contribution in [1.82, 2.24) is 5.32 Å². The molecule has 1 aromatic rings. The minimum absolute atomic E-state index is 0.710. The molecule has 0 aliphatic heterocycles. The van der Waals surface area contributed by atoms with Crippen molar-refractivity contribution in [2.75, 3.05) is 13.1 Å². The number of rotatable bonds is 5. The summed E-state index contributed by atoms with van der Waals surface area (Å²) in [4.78, 5) is 0. The molecule has 0 spiro atoms. The van der Waals surface area contributed by atoms with Crippen molar-refractivity contribution in [2.24, 2.45) is 0 Å². The van der Waals surface area contributed by atoms with Crippen molar-refractivity contribution < 1.29 is 0 Å². The second-order valence-electron chi connectivity index (χ2n) is 3.67. The molecule has 0 fully saturated rings. The highest BCUT2D eigenvalue weighted by Gasteiger charge is 1.95. The maximum absolute atomic E-state index is 8.70. The van der Waals surface area contributed by atoms with E-state index in [9.17, 15) is 0 Å². The Bertz CT molecular complexity index is 382. The number of nitrogens with one attached hydrogen (secondary N) is 1. The Morgan fingerprint density at radius 1 is 1.31 bits per heavy atom. The summed E-state index contributed by atoms with van der Waals surface area (Å²) < 4.78 is 0. The first-order chi connectivity index (χ1) is 7.80. The Morgan fingerprint density at radius 2 is 2.00 bits per heavy atom. The van der Waals surface area contributed by atoms with E-state index in [0.717, 1.165) is 25.1 Å². The zero-order valence-corrected chi connectivity index (χ0v) is 9.96. The summed E-state index contributed by atoms with van der Waals surface area (Å²) in [5.41, 5.74) is 3.25. The largest absolute Gasteiger partial charge is 0.313 e. The minimum Gasteiger partial charge on any atom is -0.313 e. The molecule has 0 saturated heterocycles. The van der Waals surface area contributed by atoms with Crippen LogP contribution in [0.5, 0.6) is 0 Å². The van der Waals surface area contributed by atoms with Gasteiger partial charge in [0.05, 0.1) is 11.6 Å². The number of nitrogens with zero attached hydrogens (tertiary/aromatic N) is 1. The van der Waals surface area contributed by atoms with E-state index >= 15 is 0 Å². The van der Waals surface area contributed by atoms with Gasteiger partial charge in [0.15, 0.2) is 0 Å². The third-order valence-corrected chi connectivity index (χ3v) is 2.47. The third-order valence-electron chi connectivity index (χ3n) is 2.47. The van der Waals surface area contributed by atoms with Gasteiger partial charge in [-0.05, 0) is 30.7 Å². The smallest absolute Gasteiger partial charge is 0.0991 e. The van der Waals surface area contributed by atoms with Gasteiger partial charge in [0.25, 0.3) is 0 Å². The second kappa shape index (κ2) is 6.81. The zero-order chi connectivity index (χ0) is 11.8. The van der Waals surface area contributed by atoms with E-state index in [4.69, 9.17) is 5.26 Å². The van der Waals surface area contributed by atoms with Gasteiger partial charge in [-0.15, -0.1) is 0 Å². The van der Waals surface area contributed by atoms with Crippen molar-refractivity contribution >= 4 is 6.08 Å². The molecule has 2 nitrogen and oxygen atoms in total. The van der Waals surface area contributed by atoms with Gasteiger partial charge >= 0.3 is 0 Å². The molecular formula is C14H18N2. The number of hydrogen-bond donors (Lipinski definition) is 1. The molecule has 1 aromatic carbocycles. The first-order valence-electron chi connectivity index (χ1n) is 5.70. The van der Waals surface area contributed by atoms with E-state index in [-0.39, 0.29) is 0 Å². The molecule has 1 rings (SSSR count). The van der Waals surface area contributed by atoms with Crippen molar-refractivity contribution in [3.8, 4) is 6.07 Å². The summed E-state index contributed by atoms with van der Waals surface area (Å²) in [6.45, 7) is 6.19. The van der Waals surface area contributed by atoms with Crippen LogP contribution in [-0.4, -0.2) is 13.1 Å². The number of benzene rings is 1. The van der Waals surface area contributed by atoms with Crippen LogP contribution in [0.25, 0.3) is 6.08 Å². The van der Waals surface area contributed by atoms with Gasteiger partial charge in [-0.2, -0.15) is 5.26 Å². The number of likely N-dealkylation sites (N-methyl/N-ethyl adjacent to an activating group) is 1. The Kier molecular flexibility index (Phi) is 5.31. The maximum atomic E-state index is 8.70. The normalized spacial score (nSPS) is 11.2. The fourth-order valence-corrected chi connectivity index (χ4v) is 1.45. The molecule has 0 bridgehead atoms. The highest BCUT2D eigenvalue weighted by atomic mass is 14.8. The standard InChI is InChI=1S/C14H18N2/c1-3-12(11-16-4-2)9-13-5-7-14(10-15)8-6-13/h5-9,16H,3-4,11H2,1-2H3. The van der Waals surface area contributed by atoms with Crippen LogP contribution in [0.4, 0.5) is 0 Å². The molecule has 0 atom stereocenters. The lowest BCUT2D eigenvalue weighted by Crippen LogP contribution is -2.15. The average Bonchev–Trinajstić information content (AvgIpc) is 2.35.